The number of unbranched alkanes of at least 4 members (excludes halogenated alkanes) is 1. The van der Waals surface area contributed by atoms with Gasteiger partial charge >= 0.3 is 0 Å². The Bertz CT molecular complexity index is 595. The zero-order valence-corrected chi connectivity index (χ0v) is 18.8. The second-order valence-corrected chi connectivity index (χ2v) is 8.39. The zero-order chi connectivity index (χ0) is 21.1. The van der Waals surface area contributed by atoms with Gasteiger partial charge in [-0.15, -0.1) is 0 Å². The van der Waals surface area contributed by atoms with E-state index >= 15 is 0 Å². The number of hydrogen-bond acceptors (Lipinski definition) is 4. The number of carbonyl (C=O) groups excluding carboxylic acids is 1. The lowest BCUT2D eigenvalue weighted by Gasteiger charge is -2.33. The topological polar surface area (TPSA) is 50.8 Å². The molecule has 164 valence electrons. The molecule has 2 atom stereocenters. The van der Waals surface area contributed by atoms with Gasteiger partial charge in [-0.3, -0.25) is 9.69 Å². The minimum Gasteiger partial charge on any atom is -0.492 e. The third kappa shape index (κ3) is 7.63. The Balaban J connectivity index is 1.84. The molecule has 5 nitrogen and oxygen atoms in total. The summed E-state index contributed by atoms with van der Waals surface area (Å²) in [4.78, 5) is 15.3. The van der Waals surface area contributed by atoms with Crippen LogP contribution in [0.3, 0.4) is 0 Å². The van der Waals surface area contributed by atoms with E-state index in [1.807, 2.05) is 31.2 Å². The van der Waals surface area contributed by atoms with Crippen LogP contribution in [0.1, 0.15) is 72.6 Å². The monoisotopic (exact) mass is 404 g/mol. The first-order valence-corrected chi connectivity index (χ1v) is 11.4. The highest BCUT2D eigenvalue weighted by molar-refractivity contribution is 5.97. The number of rotatable bonds is 12. The van der Waals surface area contributed by atoms with Gasteiger partial charge in [-0.25, -0.2) is 0 Å². The molecule has 0 saturated carbocycles. The summed E-state index contributed by atoms with van der Waals surface area (Å²) in [5.74, 6) is 0.760. The van der Waals surface area contributed by atoms with Crippen molar-refractivity contribution < 1.29 is 14.3 Å². The summed E-state index contributed by atoms with van der Waals surface area (Å²) < 4.78 is 11.8. The van der Waals surface area contributed by atoms with Crippen molar-refractivity contribution in [1.29, 1.82) is 0 Å². The summed E-state index contributed by atoms with van der Waals surface area (Å²) in [5.41, 5.74) is -0.0124. The third-order valence-corrected chi connectivity index (χ3v) is 5.81. The van der Waals surface area contributed by atoms with Crippen LogP contribution in [-0.2, 0) is 9.53 Å². The molecular weight excluding hydrogens is 364 g/mol. The molecule has 1 fully saturated rings. The molecule has 1 N–H and O–H groups in total. The van der Waals surface area contributed by atoms with Crippen LogP contribution in [0.25, 0.3) is 0 Å². The largest absolute Gasteiger partial charge is 0.492 e. The quantitative estimate of drug-likeness (QED) is 0.517. The van der Waals surface area contributed by atoms with Gasteiger partial charge in [0.1, 0.15) is 18.0 Å². The van der Waals surface area contributed by atoms with Crippen LogP contribution in [0.15, 0.2) is 24.3 Å². The first-order chi connectivity index (χ1) is 14.0. The summed E-state index contributed by atoms with van der Waals surface area (Å²) in [6.45, 7) is 11.8. The van der Waals surface area contributed by atoms with Gasteiger partial charge in [0.2, 0.25) is 0 Å². The molecule has 1 amide bonds. The van der Waals surface area contributed by atoms with Gasteiger partial charge < -0.3 is 14.8 Å². The van der Waals surface area contributed by atoms with Crippen molar-refractivity contribution in [3.8, 4) is 5.75 Å². The molecular formula is C24H40N2O3. The molecule has 0 radical (unpaired) electrons. The molecule has 0 unspecified atom stereocenters. The molecule has 1 saturated heterocycles. The van der Waals surface area contributed by atoms with E-state index < -0.39 is 5.60 Å². The van der Waals surface area contributed by atoms with Crippen molar-refractivity contribution in [3.05, 3.63) is 24.3 Å². The Hall–Kier alpha value is -1.59. The standard InChI is InChI=1S/C24H40N2O3/c1-5-7-15-24(4,29-18-6-2)23(27)25-21-11-13-22(14-12-21)28-19-17-26-16-9-8-10-20(26)3/h11-14,20H,5-10,15-19H2,1-4H3,(H,25,27)/t20-,24-/m0/s1. The van der Waals surface area contributed by atoms with E-state index in [0.717, 1.165) is 43.7 Å². The van der Waals surface area contributed by atoms with Crippen molar-refractivity contribution in [3.63, 3.8) is 0 Å². The van der Waals surface area contributed by atoms with Crippen LogP contribution in [0, 0.1) is 0 Å². The van der Waals surface area contributed by atoms with Crippen molar-refractivity contribution in [2.75, 3.05) is 31.6 Å². The fourth-order valence-electron chi connectivity index (χ4n) is 3.76. The van der Waals surface area contributed by atoms with Crippen LogP contribution in [0.2, 0.25) is 0 Å². The molecule has 5 heteroatoms. The van der Waals surface area contributed by atoms with Crippen LogP contribution in [-0.4, -0.2) is 48.8 Å². The van der Waals surface area contributed by atoms with Gasteiger partial charge in [-0.05, 0) is 70.3 Å². The number of piperidine rings is 1. The highest BCUT2D eigenvalue weighted by atomic mass is 16.5. The second kappa shape index (κ2) is 12.2. The number of anilines is 1. The number of benzene rings is 1. The highest BCUT2D eigenvalue weighted by Gasteiger charge is 2.33. The third-order valence-electron chi connectivity index (χ3n) is 5.81. The number of carbonyl (C=O) groups is 1. The van der Waals surface area contributed by atoms with Crippen LogP contribution < -0.4 is 10.1 Å². The van der Waals surface area contributed by atoms with Crippen LogP contribution in [0.4, 0.5) is 5.69 Å². The smallest absolute Gasteiger partial charge is 0.256 e. The van der Waals surface area contributed by atoms with Crippen molar-refractivity contribution >= 4 is 11.6 Å². The Morgan fingerprint density at radius 3 is 2.59 bits per heavy atom. The number of ether oxygens (including phenoxy) is 2. The van der Waals surface area contributed by atoms with Gasteiger partial charge in [0.25, 0.3) is 5.91 Å². The Kier molecular flexibility index (Phi) is 9.95. The summed E-state index contributed by atoms with van der Waals surface area (Å²) in [5, 5.41) is 3.01. The highest BCUT2D eigenvalue weighted by Crippen LogP contribution is 2.23. The number of hydrogen-bond donors (Lipinski definition) is 1. The Morgan fingerprint density at radius 2 is 1.93 bits per heavy atom. The van der Waals surface area contributed by atoms with Crippen LogP contribution in [0.5, 0.6) is 5.75 Å². The second-order valence-electron chi connectivity index (χ2n) is 8.39. The maximum absolute atomic E-state index is 12.8. The minimum absolute atomic E-state index is 0.0767. The van der Waals surface area contributed by atoms with E-state index in [1.54, 1.807) is 0 Å². The maximum Gasteiger partial charge on any atom is 0.256 e. The molecule has 0 aromatic heterocycles. The summed E-state index contributed by atoms with van der Waals surface area (Å²) >= 11 is 0. The fraction of sp³-hybridized carbons (Fsp3) is 0.708. The molecule has 0 spiro atoms. The number of nitrogens with one attached hydrogen (secondary N) is 1. The molecule has 2 rings (SSSR count). The van der Waals surface area contributed by atoms with Crippen LogP contribution >= 0.6 is 0 Å². The molecule has 29 heavy (non-hydrogen) atoms. The average molecular weight is 405 g/mol. The summed E-state index contributed by atoms with van der Waals surface area (Å²) in [7, 11) is 0. The summed E-state index contributed by atoms with van der Waals surface area (Å²) in [6, 6.07) is 8.30. The lowest BCUT2D eigenvalue weighted by Crippen LogP contribution is -2.43. The molecule has 1 aliphatic heterocycles. The molecule has 1 aliphatic rings. The predicted octanol–water partition coefficient (Wildman–Crippen LogP) is 5.25. The van der Waals surface area contributed by atoms with E-state index in [1.165, 1.54) is 25.8 Å². The van der Waals surface area contributed by atoms with E-state index in [0.29, 0.717) is 19.3 Å². The van der Waals surface area contributed by atoms with Crippen molar-refractivity contribution in [1.82, 2.24) is 4.90 Å². The minimum atomic E-state index is -0.785. The SMILES string of the molecule is CCCC[C@](C)(OCCC)C(=O)Nc1ccc(OCCN2CCCC[C@@H]2C)cc1. The summed E-state index contributed by atoms with van der Waals surface area (Å²) in [6.07, 6.45) is 7.55. The zero-order valence-electron chi connectivity index (χ0n) is 18.8. The van der Waals surface area contributed by atoms with E-state index in [9.17, 15) is 4.79 Å². The first-order valence-electron chi connectivity index (χ1n) is 11.4. The van der Waals surface area contributed by atoms with Gasteiger partial charge in [0, 0.05) is 24.9 Å². The van der Waals surface area contributed by atoms with Gasteiger partial charge in [-0.1, -0.05) is 33.1 Å². The van der Waals surface area contributed by atoms with Gasteiger partial charge in [0.15, 0.2) is 0 Å². The molecule has 0 aliphatic carbocycles. The number of nitrogens with zero attached hydrogens (tertiary/aromatic N) is 1. The molecule has 0 bridgehead atoms. The molecule has 1 heterocycles. The first kappa shape index (κ1) is 23.7. The van der Waals surface area contributed by atoms with Crippen molar-refractivity contribution in [2.24, 2.45) is 0 Å². The maximum atomic E-state index is 12.8. The van der Waals surface area contributed by atoms with Gasteiger partial charge in [-0.2, -0.15) is 0 Å². The van der Waals surface area contributed by atoms with E-state index in [2.05, 4.69) is 31.0 Å². The van der Waals surface area contributed by atoms with Crippen molar-refractivity contribution in [2.45, 2.75) is 84.3 Å². The number of amides is 1. The molecule has 1 aromatic carbocycles. The lowest BCUT2D eigenvalue weighted by atomic mass is 9.97. The Labute approximate surface area is 177 Å². The fourth-order valence-corrected chi connectivity index (χ4v) is 3.76. The molecule has 1 aromatic rings. The predicted molar refractivity (Wildman–Crippen MR) is 120 cm³/mol. The van der Waals surface area contributed by atoms with Gasteiger partial charge in [0.05, 0.1) is 0 Å². The van der Waals surface area contributed by atoms with E-state index in [-0.39, 0.29) is 5.91 Å². The average Bonchev–Trinajstić information content (AvgIpc) is 2.73. The van der Waals surface area contributed by atoms with E-state index in [4.69, 9.17) is 9.47 Å². The lowest BCUT2D eigenvalue weighted by molar-refractivity contribution is -0.140. The number of likely N-dealkylation sites (tertiary alicyclic amines) is 1. The Morgan fingerprint density at radius 1 is 1.17 bits per heavy atom. The normalized spacial score (nSPS) is 19.5.